The highest BCUT2D eigenvalue weighted by Gasteiger charge is 2.18. The number of likely N-dealkylation sites (N-methyl/N-ethyl adjacent to an activating group) is 1. The van der Waals surface area contributed by atoms with Crippen LogP contribution in [0, 0.1) is 19.8 Å². The van der Waals surface area contributed by atoms with E-state index in [2.05, 4.69) is 47.8 Å². The van der Waals surface area contributed by atoms with Gasteiger partial charge >= 0.3 is 0 Å². The zero-order valence-corrected chi connectivity index (χ0v) is 13.2. The van der Waals surface area contributed by atoms with Crippen molar-refractivity contribution in [2.75, 3.05) is 27.2 Å². The molecule has 1 heterocycles. The summed E-state index contributed by atoms with van der Waals surface area (Å²) in [6.07, 6.45) is 5.10. The highest BCUT2D eigenvalue weighted by atomic mass is 16.1. The number of fused-ring (bicyclic) bond motifs is 1. The molecular weight excluding hydrogens is 250 g/mol. The van der Waals surface area contributed by atoms with Crippen LogP contribution in [0.15, 0.2) is 0 Å². The summed E-state index contributed by atoms with van der Waals surface area (Å²) in [5, 5.41) is 5.49. The molecular formula is C16H25N3O. The van der Waals surface area contributed by atoms with E-state index in [0.717, 1.165) is 13.0 Å². The Labute approximate surface area is 120 Å². The lowest BCUT2D eigenvalue weighted by Crippen LogP contribution is -2.39. The van der Waals surface area contributed by atoms with E-state index in [9.17, 15) is 4.79 Å². The molecule has 2 rings (SSSR count). The minimum atomic E-state index is -0.0369. The molecule has 1 unspecified atom stereocenters. The van der Waals surface area contributed by atoms with Gasteiger partial charge in [-0.25, -0.2) is 0 Å². The molecule has 0 radical (unpaired) electrons. The first-order chi connectivity index (χ1) is 9.41. The van der Waals surface area contributed by atoms with Gasteiger partial charge in [-0.3, -0.25) is 4.79 Å². The van der Waals surface area contributed by atoms with Crippen LogP contribution in [0.2, 0.25) is 0 Å². The minimum absolute atomic E-state index is 0.0369. The molecule has 0 saturated carbocycles. The first-order valence-electron chi connectivity index (χ1n) is 7.18. The van der Waals surface area contributed by atoms with E-state index in [1.807, 2.05) is 14.1 Å². The second-order valence-corrected chi connectivity index (χ2v) is 5.88. The molecule has 4 heteroatoms. The Hall–Kier alpha value is -1.55. The zero-order chi connectivity index (χ0) is 14.9. The van der Waals surface area contributed by atoms with Gasteiger partial charge in [0, 0.05) is 31.2 Å². The van der Waals surface area contributed by atoms with Crippen LogP contribution in [0.1, 0.15) is 17.7 Å². The van der Waals surface area contributed by atoms with Crippen LogP contribution < -0.4 is 15.9 Å². The van der Waals surface area contributed by atoms with Gasteiger partial charge in [-0.15, -0.1) is 0 Å². The summed E-state index contributed by atoms with van der Waals surface area (Å²) >= 11 is 0. The van der Waals surface area contributed by atoms with Crippen molar-refractivity contribution < 1.29 is 4.79 Å². The normalized spacial score (nSPS) is 17.4. The molecule has 1 aliphatic carbocycles. The molecule has 1 aromatic heterocycles. The molecule has 0 spiro atoms. The summed E-state index contributed by atoms with van der Waals surface area (Å²) in [7, 11) is 6.10. The fraction of sp³-hybridized carbons (Fsp3) is 0.562. The standard InChI is InChI=1S/C16H25N3O/c1-11-12(2)19(5)15-7-6-13(10-14(11)15)16(20)17-8-9-18(3)4/h7,10,13H,6,8-9H2,1-5H3,(H,17,20). The number of amides is 1. The topological polar surface area (TPSA) is 37.3 Å². The lowest BCUT2D eigenvalue weighted by atomic mass is 9.98. The van der Waals surface area contributed by atoms with E-state index >= 15 is 0 Å². The van der Waals surface area contributed by atoms with Gasteiger partial charge in [0.2, 0.25) is 5.91 Å². The van der Waals surface area contributed by atoms with Gasteiger partial charge in [-0.1, -0.05) is 12.2 Å². The first kappa shape index (κ1) is 14.9. The molecule has 1 N–H and O–H groups in total. The Kier molecular flexibility index (Phi) is 4.33. The Bertz CT molecular complexity index is 625. The largest absolute Gasteiger partial charge is 0.354 e. The maximum absolute atomic E-state index is 12.2. The lowest BCUT2D eigenvalue weighted by Gasteiger charge is -2.15. The number of nitrogens with zero attached hydrogens (tertiary/aromatic N) is 2. The van der Waals surface area contributed by atoms with Gasteiger partial charge in [0.05, 0.1) is 5.92 Å². The quantitative estimate of drug-likeness (QED) is 0.833. The third-order valence-electron chi connectivity index (χ3n) is 4.22. The molecule has 0 aliphatic heterocycles. The van der Waals surface area contributed by atoms with Crippen LogP contribution in [0.3, 0.4) is 0 Å². The molecule has 0 bridgehead atoms. The summed E-state index contributed by atoms with van der Waals surface area (Å²) in [4.78, 5) is 14.3. The van der Waals surface area contributed by atoms with E-state index in [0.29, 0.717) is 6.54 Å². The Morgan fingerprint density at radius 3 is 2.80 bits per heavy atom. The highest BCUT2D eigenvalue weighted by Crippen LogP contribution is 2.10. The highest BCUT2D eigenvalue weighted by molar-refractivity contribution is 5.85. The van der Waals surface area contributed by atoms with Crippen LogP contribution in [-0.4, -0.2) is 42.6 Å². The van der Waals surface area contributed by atoms with Crippen molar-refractivity contribution >= 4 is 18.1 Å². The maximum atomic E-state index is 12.2. The summed E-state index contributed by atoms with van der Waals surface area (Å²) < 4.78 is 2.21. The van der Waals surface area contributed by atoms with Crippen molar-refractivity contribution in [3.8, 4) is 0 Å². The van der Waals surface area contributed by atoms with Crippen LogP contribution in [0.4, 0.5) is 0 Å². The average Bonchev–Trinajstić information content (AvgIpc) is 2.63. The number of nitrogens with one attached hydrogen (secondary N) is 1. The second-order valence-electron chi connectivity index (χ2n) is 5.88. The number of carbonyl (C=O) groups is 1. The smallest absolute Gasteiger partial charge is 0.227 e. The number of carbonyl (C=O) groups excluding carboxylic acids is 1. The molecule has 1 amide bonds. The first-order valence-corrected chi connectivity index (χ1v) is 7.18. The predicted octanol–water partition coefficient (Wildman–Crippen LogP) is -0.0994. The number of aromatic nitrogens is 1. The molecule has 1 aliphatic rings. The van der Waals surface area contributed by atoms with Crippen molar-refractivity contribution in [3.05, 3.63) is 21.8 Å². The Morgan fingerprint density at radius 1 is 1.45 bits per heavy atom. The van der Waals surface area contributed by atoms with Crippen LogP contribution in [0.25, 0.3) is 12.2 Å². The second kappa shape index (κ2) is 5.83. The molecule has 1 atom stereocenters. The summed E-state index contributed by atoms with van der Waals surface area (Å²) in [6, 6.07) is 0. The van der Waals surface area contributed by atoms with Gasteiger partial charge in [-0.05, 0) is 45.1 Å². The fourth-order valence-corrected chi connectivity index (χ4v) is 2.68. The summed E-state index contributed by atoms with van der Waals surface area (Å²) in [5.41, 5.74) is 2.56. The molecule has 1 aromatic rings. The third kappa shape index (κ3) is 2.80. The predicted molar refractivity (Wildman–Crippen MR) is 82.7 cm³/mol. The molecule has 20 heavy (non-hydrogen) atoms. The monoisotopic (exact) mass is 275 g/mol. The average molecular weight is 275 g/mol. The van der Waals surface area contributed by atoms with Gasteiger partial charge in [0.1, 0.15) is 0 Å². The van der Waals surface area contributed by atoms with Crippen LogP contribution >= 0.6 is 0 Å². The van der Waals surface area contributed by atoms with Crippen molar-refractivity contribution in [2.24, 2.45) is 13.0 Å². The van der Waals surface area contributed by atoms with Gasteiger partial charge in [-0.2, -0.15) is 0 Å². The molecule has 0 aromatic carbocycles. The SMILES string of the molecule is Cc1c(C)n(C)c2c1=CC(C(=O)NCCN(C)C)CC=2. The van der Waals surface area contributed by atoms with Crippen LogP contribution in [-0.2, 0) is 11.8 Å². The van der Waals surface area contributed by atoms with E-state index < -0.39 is 0 Å². The van der Waals surface area contributed by atoms with Gasteiger partial charge in [0.25, 0.3) is 0 Å². The Morgan fingerprint density at radius 2 is 2.15 bits per heavy atom. The summed E-state index contributed by atoms with van der Waals surface area (Å²) in [5.74, 6) is 0.0971. The number of hydrogen-bond acceptors (Lipinski definition) is 2. The van der Waals surface area contributed by atoms with Crippen LogP contribution in [0.5, 0.6) is 0 Å². The molecule has 0 saturated heterocycles. The van der Waals surface area contributed by atoms with E-state index in [1.54, 1.807) is 0 Å². The number of rotatable bonds is 4. The van der Waals surface area contributed by atoms with Gasteiger partial charge in [0.15, 0.2) is 0 Å². The zero-order valence-electron chi connectivity index (χ0n) is 13.2. The Balaban J connectivity index is 2.16. The van der Waals surface area contributed by atoms with Crippen molar-refractivity contribution in [1.29, 1.82) is 0 Å². The van der Waals surface area contributed by atoms with Crippen molar-refractivity contribution in [2.45, 2.75) is 20.3 Å². The van der Waals surface area contributed by atoms with E-state index in [-0.39, 0.29) is 11.8 Å². The molecule has 4 nitrogen and oxygen atoms in total. The molecule has 0 fully saturated rings. The maximum Gasteiger partial charge on any atom is 0.227 e. The van der Waals surface area contributed by atoms with E-state index in [4.69, 9.17) is 0 Å². The fourth-order valence-electron chi connectivity index (χ4n) is 2.68. The van der Waals surface area contributed by atoms with Crippen molar-refractivity contribution in [1.82, 2.24) is 14.8 Å². The third-order valence-corrected chi connectivity index (χ3v) is 4.22. The van der Waals surface area contributed by atoms with Crippen molar-refractivity contribution in [3.63, 3.8) is 0 Å². The lowest BCUT2D eigenvalue weighted by molar-refractivity contribution is -0.123. The summed E-state index contributed by atoms with van der Waals surface area (Å²) in [6.45, 7) is 5.83. The number of hydrogen-bond donors (Lipinski definition) is 1. The van der Waals surface area contributed by atoms with Gasteiger partial charge < -0.3 is 14.8 Å². The minimum Gasteiger partial charge on any atom is -0.354 e. The van der Waals surface area contributed by atoms with E-state index in [1.165, 1.54) is 21.8 Å². The molecule has 110 valence electrons.